The van der Waals surface area contributed by atoms with Crippen LogP contribution in [0.15, 0.2) is 18.2 Å². The van der Waals surface area contributed by atoms with Gasteiger partial charge in [0.1, 0.15) is 11.6 Å². The minimum Gasteiger partial charge on any atom is -0.384 e. The number of hydrogen-bond acceptors (Lipinski definition) is 5. The van der Waals surface area contributed by atoms with Crippen molar-refractivity contribution in [3.8, 4) is 6.07 Å². The number of anilines is 1. The van der Waals surface area contributed by atoms with Gasteiger partial charge in [0.15, 0.2) is 0 Å². The highest BCUT2D eigenvalue weighted by Crippen LogP contribution is 2.31. The van der Waals surface area contributed by atoms with Gasteiger partial charge in [0.05, 0.1) is 4.92 Å². The summed E-state index contributed by atoms with van der Waals surface area (Å²) in [7, 11) is 2.13. The molecule has 21 heavy (non-hydrogen) atoms. The Morgan fingerprint density at radius 3 is 2.71 bits per heavy atom. The van der Waals surface area contributed by atoms with Gasteiger partial charge in [-0.2, -0.15) is 5.26 Å². The van der Waals surface area contributed by atoms with E-state index in [-0.39, 0.29) is 16.7 Å². The van der Waals surface area contributed by atoms with E-state index in [0.29, 0.717) is 0 Å². The predicted molar refractivity (Wildman–Crippen MR) is 81.1 cm³/mol. The smallest absolute Gasteiger partial charge is 0.287 e. The van der Waals surface area contributed by atoms with Crippen LogP contribution in [-0.2, 0) is 0 Å². The largest absolute Gasteiger partial charge is 0.384 e. The molecule has 1 aliphatic heterocycles. The Labute approximate surface area is 124 Å². The second-order valence-corrected chi connectivity index (χ2v) is 6.07. The summed E-state index contributed by atoms with van der Waals surface area (Å²) in [6, 6.07) is 6.49. The molecular weight excluding hydrogens is 268 g/mol. The Bertz CT molecular complexity index is 572. The monoisotopic (exact) mass is 288 g/mol. The van der Waals surface area contributed by atoms with Crippen molar-refractivity contribution < 1.29 is 4.92 Å². The molecule has 1 heterocycles. The average Bonchev–Trinajstić information content (AvgIpc) is 2.48. The molecule has 1 fully saturated rings. The molecule has 0 unspecified atom stereocenters. The summed E-state index contributed by atoms with van der Waals surface area (Å²) in [5.41, 5.74) is 0.936. The number of likely N-dealkylation sites (tertiary alicyclic amines) is 1. The van der Waals surface area contributed by atoms with Gasteiger partial charge < -0.3 is 10.2 Å². The molecule has 0 atom stereocenters. The van der Waals surface area contributed by atoms with E-state index < -0.39 is 4.92 Å². The molecule has 1 saturated heterocycles. The zero-order chi connectivity index (χ0) is 15.5. The molecular formula is C15H20N4O2. The standard InChI is InChI=1S/C15H20N4O2/c1-15(5-7-18(2)8-6-15)11-17-13-3-4-14(19(20)21)12(9-13)10-16/h3-4,9,17H,5-8,11H2,1-2H3. The molecule has 6 nitrogen and oxygen atoms in total. The molecule has 1 aliphatic rings. The first kappa shape index (κ1) is 15.3. The molecule has 0 radical (unpaired) electrons. The van der Waals surface area contributed by atoms with E-state index in [1.807, 2.05) is 6.07 Å². The number of nitrogens with zero attached hydrogens (tertiary/aromatic N) is 3. The van der Waals surface area contributed by atoms with Crippen LogP contribution in [0.2, 0.25) is 0 Å². The topological polar surface area (TPSA) is 82.2 Å². The molecule has 0 bridgehead atoms. The third kappa shape index (κ3) is 3.70. The third-order valence-corrected chi connectivity index (χ3v) is 4.23. The second kappa shape index (κ2) is 6.10. The molecule has 0 aromatic heterocycles. The van der Waals surface area contributed by atoms with Crippen LogP contribution in [0.5, 0.6) is 0 Å². The van der Waals surface area contributed by atoms with E-state index in [0.717, 1.165) is 38.2 Å². The van der Waals surface area contributed by atoms with E-state index >= 15 is 0 Å². The Balaban J connectivity index is 2.04. The summed E-state index contributed by atoms with van der Waals surface area (Å²) in [5.74, 6) is 0. The van der Waals surface area contributed by atoms with Gasteiger partial charge in [-0.1, -0.05) is 6.92 Å². The summed E-state index contributed by atoms with van der Waals surface area (Å²) in [6.45, 7) is 5.23. The van der Waals surface area contributed by atoms with Crippen molar-refractivity contribution in [3.05, 3.63) is 33.9 Å². The maximum absolute atomic E-state index is 10.8. The van der Waals surface area contributed by atoms with Gasteiger partial charge in [-0.25, -0.2) is 0 Å². The summed E-state index contributed by atoms with van der Waals surface area (Å²) < 4.78 is 0. The van der Waals surface area contributed by atoms with Crippen LogP contribution in [0.4, 0.5) is 11.4 Å². The van der Waals surface area contributed by atoms with Crippen molar-refractivity contribution in [1.82, 2.24) is 4.90 Å². The van der Waals surface area contributed by atoms with Gasteiger partial charge >= 0.3 is 0 Å². The van der Waals surface area contributed by atoms with E-state index in [1.54, 1.807) is 12.1 Å². The van der Waals surface area contributed by atoms with E-state index in [4.69, 9.17) is 5.26 Å². The number of nitro groups is 1. The first-order valence-electron chi connectivity index (χ1n) is 7.04. The molecule has 0 aliphatic carbocycles. The summed E-state index contributed by atoms with van der Waals surface area (Å²) in [4.78, 5) is 12.6. The lowest BCUT2D eigenvalue weighted by Crippen LogP contribution is -2.40. The van der Waals surface area contributed by atoms with Crippen molar-refractivity contribution in [3.63, 3.8) is 0 Å². The minimum absolute atomic E-state index is 0.0959. The fourth-order valence-electron chi connectivity index (χ4n) is 2.55. The number of nitro benzene ring substituents is 1. The van der Waals surface area contributed by atoms with Crippen molar-refractivity contribution in [2.45, 2.75) is 19.8 Å². The molecule has 1 aromatic rings. The molecule has 1 N–H and O–H groups in total. The normalized spacial score (nSPS) is 18.0. The minimum atomic E-state index is -0.527. The lowest BCUT2D eigenvalue weighted by Gasteiger charge is -2.38. The lowest BCUT2D eigenvalue weighted by molar-refractivity contribution is -0.385. The van der Waals surface area contributed by atoms with Gasteiger partial charge in [-0.15, -0.1) is 0 Å². The quantitative estimate of drug-likeness (QED) is 0.680. The second-order valence-electron chi connectivity index (χ2n) is 6.07. The predicted octanol–water partition coefficient (Wildman–Crippen LogP) is 2.61. The number of nitrogens with one attached hydrogen (secondary N) is 1. The first-order chi connectivity index (χ1) is 9.93. The Morgan fingerprint density at radius 2 is 2.14 bits per heavy atom. The van der Waals surface area contributed by atoms with Crippen molar-refractivity contribution in [2.75, 3.05) is 32.0 Å². The Kier molecular flexibility index (Phi) is 4.43. The summed E-state index contributed by atoms with van der Waals surface area (Å²) >= 11 is 0. The van der Waals surface area contributed by atoms with Gasteiger partial charge in [-0.3, -0.25) is 10.1 Å². The van der Waals surface area contributed by atoms with Crippen molar-refractivity contribution in [2.24, 2.45) is 5.41 Å². The number of piperidine rings is 1. The van der Waals surface area contributed by atoms with Crippen LogP contribution in [0, 0.1) is 26.9 Å². The molecule has 0 amide bonds. The highest BCUT2D eigenvalue weighted by Gasteiger charge is 2.28. The van der Waals surface area contributed by atoms with Crippen LogP contribution in [0.1, 0.15) is 25.3 Å². The zero-order valence-electron chi connectivity index (χ0n) is 12.4. The van der Waals surface area contributed by atoms with E-state index in [9.17, 15) is 10.1 Å². The van der Waals surface area contributed by atoms with Gasteiger partial charge in [0.2, 0.25) is 0 Å². The highest BCUT2D eigenvalue weighted by molar-refractivity contribution is 5.58. The zero-order valence-corrected chi connectivity index (χ0v) is 12.4. The Morgan fingerprint density at radius 1 is 1.48 bits per heavy atom. The van der Waals surface area contributed by atoms with Crippen molar-refractivity contribution in [1.29, 1.82) is 5.26 Å². The van der Waals surface area contributed by atoms with Gasteiger partial charge in [-0.05, 0) is 50.5 Å². The molecule has 0 spiro atoms. The fraction of sp³-hybridized carbons (Fsp3) is 0.533. The van der Waals surface area contributed by atoms with Gasteiger partial charge in [0, 0.05) is 18.3 Å². The molecule has 2 rings (SSSR count). The summed E-state index contributed by atoms with van der Waals surface area (Å²) in [6.07, 6.45) is 2.24. The fourth-order valence-corrected chi connectivity index (χ4v) is 2.55. The van der Waals surface area contributed by atoms with E-state index in [2.05, 4.69) is 24.2 Å². The maximum atomic E-state index is 10.8. The van der Waals surface area contributed by atoms with Crippen LogP contribution in [0.25, 0.3) is 0 Å². The van der Waals surface area contributed by atoms with Crippen LogP contribution >= 0.6 is 0 Å². The van der Waals surface area contributed by atoms with Crippen LogP contribution in [-0.4, -0.2) is 36.5 Å². The number of benzene rings is 1. The Hall–Kier alpha value is -2.13. The van der Waals surface area contributed by atoms with Crippen LogP contribution in [0.3, 0.4) is 0 Å². The number of rotatable bonds is 4. The molecule has 0 saturated carbocycles. The van der Waals surface area contributed by atoms with Crippen molar-refractivity contribution >= 4 is 11.4 Å². The average molecular weight is 288 g/mol. The maximum Gasteiger partial charge on any atom is 0.287 e. The first-order valence-corrected chi connectivity index (χ1v) is 7.04. The summed E-state index contributed by atoms with van der Waals surface area (Å²) in [5, 5.41) is 23.1. The lowest BCUT2D eigenvalue weighted by atomic mass is 9.80. The molecule has 112 valence electrons. The molecule has 1 aromatic carbocycles. The van der Waals surface area contributed by atoms with Crippen LogP contribution < -0.4 is 5.32 Å². The number of nitriles is 1. The highest BCUT2D eigenvalue weighted by atomic mass is 16.6. The third-order valence-electron chi connectivity index (χ3n) is 4.23. The molecule has 6 heteroatoms. The SMILES string of the molecule is CN1CCC(C)(CNc2ccc([N+](=O)[O-])c(C#N)c2)CC1. The van der Waals surface area contributed by atoms with Gasteiger partial charge in [0.25, 0.3) is 5.69 Å². The van der Waals surface area contributed by atoms with E-state index in [1.165, 1.54) is 6.07 Å². The number of hydrogen-bond donors (Lipinski definition) is 1.